The van der Waals surface area contributed by atoms with Crippen LogP contribution in [0.15, 0.2) is 27.8 Å². The minimum absolute atomic E-state index is 0.232. The molecule has 0 unspecified atom stereocenters. The first-order chi connectivity index (χ1) is 9.87. The molecular weight excluding hydrogens is 327 g/mol. The fourth-order valence-electron chi connectivity index (χ4n) is 1.65. The van der Waals surface area contributed by atoms with E-state index in [1.807, 2.05) is 16.8 Å². The minimum atomic E-state index is -4.52. The van der Waals surface area contributed by atoms with Gasteiger partial charge in [-0.2, -0.15) is 29.6 Å². The average Bonchev–Trinajstić information content (AvgIpc) is 2.89. The van der Waals surface area contributed by atoms with Crippen LogP contribution < -0.4 is 10.9 Å². The molecule has 9 heteroatoms. The summed E-state index contributed by atoms with van der Waals surface area (Å²) in [6, 6.07) is 1.97. The van der Waals surface area contributed by atoms with E-state index in [0.717, 1.165) is 11.8 Å². The molecule has 0 aliphatic carbocycles. The number of alkyl halides is 3. The molecule has 2 rings (SSSR count). The number of halogens is 4. The molecular formula is C12H11ClF3N3OS. The topological polar surface area (TPSA) is 46.9 Å². The molecule has 0 radical (unpaired) electrons. The molecule has 0 bridgehead atoms. The van der Waals surface area contributed by atoms with Crippen LogP contribution in [-0.2, 0) is 13.0 Å². The maximum absolute atomic E-state index is 12.3. The quantitative estimate of drug-likeness (QED) is 0.911. The zero-order valence-corrected chi connectivity index (χ0v) is 12.2. The minimum Gasteiger partial charge on any atom is -0.382 e. The van der Waals surface area contributed by atoms with Crippen LogP contribution in [0.3, 0.4) is 0 Å². The van der Waals surface area contributed by atoms with E-state index in [1.165, 1.54) is 0 Å². The van der Waals surface area contributed by atoms with Crippen LogP contribution >= 0.6 is 22.9 Å². The predicted molar refractivity (Wildman–Crippen MR) is 76.1 cm³/mol. The molecule has 0 aliphatic heterocycles. The summed E-state index contributed by atoms with van der Waals surface area (Å²) < 4.78 is 37.1. The van der Waals surface area contributed by atoms with E-state index in [0.29, 0.717) is 17.6 Å². The van der Waals surface area contributed by atoms with Gasteiger partial charge in [0.15, 0.2) is 0 Å². The Bertz CT molecular complexity index is 655. The van der Waals surface area contributed by atoms with Crippen LogP contribution in [0.25, 0.3) is 0 Å². The lowest BCUT2D eigenvalue weighted by molar-refractivity contribution is -0.143. The summed E-state index contributed by atoms with van der Waals surface area (Å²) in [6.45, 7) is -0.957. The smallest absolute Gasteiger partial charge is 0.382 e. The van der Waals surface area contributed by atoms with Crippen molar-refractivity contribution >= 4 is 28.6 Å². The average molecular weight is 338 g/mol. The molecule has 0 amide bonds. The zero-order chi connectivity index (χ0) is 15.5. The summed E-state index contributed by atoms with van der Waals surface area (Å²) in [6.07, 6.45) is -2.68. The van der Waals surface area contributed by atoms with Crippen molar-refractivity contribution in [2.24, 2.45) is 0 Å². The van der Waals surface area contributed by atoms with E-state index in [2.05, 4.69) is 10.4 Å². The number of anilines is 1. The molecule has 0 aromatic carbocycles. The van der Waals surface area contributed by atoms with Gasteiger partial charge in [-0.15, -0.1) is 0 Å². The third-order valence-electron chi connectivity index (χ3n) is 2.62. The van der Waals surface area contributed by atoms with Crippen LogP contribution in [0.5, 0.6) is 0 Å². The van der Waals surface area contributed by atoms with Gasteiger partial charge in [-0.1, -0.05) is 11.6 Å². The molecule has 0 aliphatic rings. The van der Waals surface area contributed by atoms with E-state index < -0.39 is 18.3 Å². The number of aromatic nitrogens is 2. The van der Waals surface area contributed by atoms with Crippen molar-refractivity contribution in [3.63, 3.8) is 0 Å². The molecule has 0 spiro atoms. The summed E-state index contributed by atoms with van der Waals surface area (Å²) in [5.41, 5.74) is 0.395. The Hall–Kier alpha value is -1.54. The van der Waals surface area contributed by atoms with Crippen molar-refractivity contribution < 1.29 is 13.2 Å². The molecule has 0 fully saturated rings. The fourth-order valence-corrected chi connectivity index (χ4v) is 2.56. The number of rotatable bonds is 5. The first-order valence-electron chi connectivity index (χ1n) is 5.94. The number of hydrogen-bond donors (Lipinski definition) is 1. The Morgan fingerprint density at radius 1 is 1.43 bits per heavy atom. The lowest BCUT2D eigenvalue weighted by Crippen LogP contribution is -2.31. The highest BCUT2D eigenvalue weighted by atomic mass is 35.5. The van der Waals surface area contributed by atoms with Crippen molar-refractivity contribution in [3.05, 3.63) is 44.0 Å². The third-order valence-corrected chi connectivity index (χ3v) is 3.72. The molecule has 0 atom stereocenters. The van der Waals surface area contributed by atoms with Crippen molar-refractivity contribution in [2.45, 2.75) is 19.1 Å². The third kappa shape index (κ3) is 4.47. The molecule has 114 valence electrons. The Morgan fingerprint density at radius 2 is 2.19 bits per heavy atom. The second kappa shape index (κ2) is 6.48. The lowest BCUT2D eigenvalue weighted by Gasteiger charge is -2.11. The van der Waals surface area contributed by atoms with E-state index >= 15 is 0 Å². The van der Waals surface area contributed by atoms with Gasteiger partial charge in [-0.25, -0.2) is 4.68 Å². The van der Waals surface area contributed by atoms with Crippen LogP contribution in [-0.4, -0.2) is 22.5 Å². The van der Waals surface area contributed by atoms with Crippen molar-refractivity contribution in [3.8, 4) is 0 Å². The molecule has 2 aromatic rings. The second-order valence-corrected chi connectivity index (χ2v) is 5.42. The fraction of sp³-hybridized carbons (Fsp3) is 0.333. The summed E-state index contributed by atoms with van der Waals surface area (Å²) >= 11 is 7.36. The second-order valence-electron chi connectivity index (χ2n) is 4.26. The molecule has 2 heterocycles. The monoisotopic (exact) mass is 337 g/mol. The highest BCUT2D eigenvalue weighted by molar-refractivity contribution is 7.07. The van der Waals surface area contributed by atoms with Gasteiger partial charge in [0.1, 0.15) is 11.6 Å². The zero-order valence-electron chi connectivity index (χ0n) is 10.7. The number of hydrogen-bond acceptors (Lipinski definition) is 4. The molecule has 2 aromatic heterocycles. The largest absolute Gasteiger partial charge is 0.408 e. The molecule has 0 saturated carbocycles. The normalized spacial score (nSPS) is 11.6. The molecule has 21 heavy (non-hydrogen) atoms. The Kier molecular flexibility index (Phi) is 4.89. The first-order valence-corrected chi connectivity index (χ1v) is 7.26. The van der Waals surface area contributed by atoms with Gasteiger partial charge in [0.25, 0.3) is 5.56 Å². The van der Waals surface area contributed by atoms with Crippen molar-refractivity contribution in [1.29, 1.82) is 0 Å². The highest BCUT2D eigenvalue weighted by Crippen LogP contribution is 2.19. The van der Waals surface area contributed by atoms with E-state index in [9.17, 15) is 18.0 Å². The van der Waals surface area contributed by atoms with Gasteiger partial charge >= 0.3 is 6.18 Å². The van der Waals surface area contributed by atoms with Crippen LogP contribution in [0.4, 0.5) is 18.9 Å². The summed E-state index contributed by atoms with van der Waals surface area (Å²) in [5, 5.41) is 10.0. The van der Waals surface area contributed by atoms with Crippen molar-refractivity contribution in [2.75, 3.05) is 11.9 Å². The molecule has 4 nitrogen and oxygen atoms in total. The predicted octanol–water partition coefficient (Wildman–Crippen LogP) is 3.18. The van der Waals surface area contributed by atoms with E-state index in [4.69, 9.17) is 11.6 Å². The maximum Gasteiger partial charge on any atom is 0.408 e. The Labute approximate surface area is 127 Å². The maximum atomic E-state index is 12.3. The van der Waals surface area contributed by atoms with Crippen LogP contribution in [0, 0.1) is 0 Å². The standard InChI is InChI=1S/C12H11ClF3N3OS/c13-10-9(17-3-1-8-2-4-21-6-8)5-18-19(11(10)20)7-12(14,15)16/h2,4-6,17H,1,3,7H2. The highest BCUT2D eigenvalue weighted by Gasteiger charge is 2.29. The SMILES string of the molecule is O=c1c(Cl)c(NCCc2ccsc2)cnn1CC(F)(F)F. The van der Waals surface area contributed by atoms with Gasteiger partial charge in [0, 0.05) is 6.54 Å². The lowest BCUT2D eigenvalue weighted by atomic mass is 10.2. The molecule has 0 saturated heterocycles. The van der Waals surface area contributed by atoms with Gasteiger partial charge in [0.05, 0.1) is 11.9 Å². The summed E-state index contributed by atoms with van der Waals surface area (Å²) in [4.78, 5) is 11.7. The summed E-state index contributed by atoms with van der Waals surface area (Å²) in [5.74, 6) is 0. The Morgan fingerprint density at radius 3 is 2.81 bits per heavy atom. The van der Waals surface area contributed by atoms with Crippen LogP contribution in [0.2, 0.25) is 5.02 Å². The number of thiophene rings is 1. The molecule has 1 N–H and O–H groups in total. The van der Waals surface area contributed by atoms with Gasteiger partial charge in [0.2, 0.25) is 0 Å². The van der Waals surface area contributed by atoms with Crippen LogP contribution in [0.1, 0.15) is 5.56 Å². The number of nitrogens with one attached hydrogen (secondary N) is 1. The van der Waals surface area contributed by atoms with E-state index in [1.54, 1.807) is 11.3 Å². The van der Waals surface area contributed by atoms with Crippen molar-refractivity contribution in [1.82, 2.24) is 9.78 Å². The Balaban J connectivity index is 2.04. The van der Waals surface area contributed by atoms with E-state index in [-0.39, 0.29) is 10.7 Å². The van der Waals surface area contributed by atoms with Gasteiger partial charge < -0.3 is 5.32 Å². The summed E-state index contributed by atoms with van der Waals surface area (Å²) in [7, 11) is 0. The van der Waals surface area contributed by atoms with Gasteiger partial charge in [-0.3, -0.25) is 4.79 Å². The number of nitrogens with zero attached hydrogens (tertiary/aromatic N) is 2. The van der Waals surface area contributed by atoms with Gasteiger partial charge in [-0.05, 0) is 28.8 Å². The first kappa shape index (κ1) is 15.8.